The monoisotopic (exact) mass is 280 g/mol. The third kappa shape index (κ3) is 2.63. The minimum atomic E-state index is 0.0934. The van der Waals surface area contributed by atoms with Crippen molar-refractivity contribution in [2.45, 2.75) is 12.3 Å². The molecule has 2 aromatic rings. The van der Waals surface area contributed by atoms with Crippen molar-refractivity contribution in [3.05, 3.63) is 48.2 Å². The van der Waals surface area contributed by atoms with Crippen LogP contribution >= 0.6 is 0 Å². The first kappa shape index (κ1) is 13.3. The van der Waals surface area contributed by atoms with Gasteiger partial charge in [0.1, 0.15) is 11.6 Å². The highest BCUT2D eigenvalue weighted by molar-refractivity contribution is 6.40. The molecule has 0 radical (unpaired) electrons. The van der Waals surface area contributed by atoms with Crippen molar-refractivity contribution in [1.82, 2.24) is 4.98 Å². The maximum Gasteiger partial charge on any atom is 0.139 e. The van der Waals surface area contributed by atoms with Crippen molar-refractivity contribution in [2.24, 2.45) is 10.7 Å². The highest BCUT2D eigenvalue weighted by Gasteiger charge is 2.23. The number of aliphatic imine (C=N–C) groups is 1. The number of benzene rings is 1. The molecule has 1 aliphatic heterocycles. The van der Waals surface area contributed by atoms with Gasteiger partial charge in [0.15, 0.2) is 0 Å². The van der Waals surface area contributed by atoms with E-state index in [0.29, 0.717) is 24.5 Å². The summed E-state index contributed by atoms with van der Waals surface area (Å²) in [5.74, 6) is 0.632. The standard InChI is InChI=1S/C16H16N4O/c17-14-8-11(9-20-16(14)18)13-5-2-6-19-15(13)10-3-1-4-12(21)7-10/h1-7,11,17,21H,8-9H2,(H2,18,20). The molecule has 1 atom stereocenters. The fraction of sp³-hybridized carbons (Fsp3) is 0.188. The van der Waals surface area contributed by atoms with E-state index in [1.807, 2.05) is 18.2 Å². The van der Waals surface area contributed by atoms with E-state index in [1.165, 1.54) is 0 Å². The Morgan fingerprint density at radius 2 is 2.10 bits per heavy atom. The highest BCUT2D eigenvalue weighted by atomic mass is 16.3. The lowest BCUT2D eigenvalue weighted by Crippen LogP contribution is -2.30. The molecule has 1 aromatic heterocycles. The van der Waals surface area contributed by atoms with E-state index in [4.69, 9.17) is 11.1 Å². The predicted molar refractivity (Wildman–Crippen MR) is 82.9 cm³/mol. The summed E-state index contributed by atoms with van der Waals surface area (Å²) >= 11 is 0. The molecule has 0 amide bonds. The average Bonchev–Trinajstić information content (AvgIpc) is 2.50. The normalized spacial score (nSPS) is 18.4. The second-order valence-electron chi connectivity index (χ2n) is 5.10. The quantitative estimate of drug-likeness (QED) is 0.787. The molecule has 0 spiro atoms. The fourth-order valence-corrected chi connectivity index (χ4v) is 2.57. The van der Waals surface area contributed by atoms with Crippen LogP contribution in [-0.2, 0) is 0 Å². The Balaban J connectivity index is 2.03. The zero-order chi connectivity index (χ0) is 14.8. The Labute approximate surface area is 122 Å². The van der Waals surface area contributed by atoms with Gasteiger partial charge >= 0.3 is 0 Å². The number of amidine groups is 1. The molecular weight excluding hydrogens is 264 g/mol. The van der Waals surface area contributed by atoms with E-state index in [1.54, 1.807) is 24.4 Å². The van der Waals surface area contributed by atoms with Crippen molar-refractivity contribution in [1.29, 1.82) is 5.41 Å². The molecule has 0 saturated carbocycles. The van der Waals surface area contributed by atoms with Gasteiger partial charge in [-0.15, -0.1) is 0 Å². The number of hydrogen-bond donors (Lipinski definition) is 3. The van der Waals surface area contributed by atoms with Gasteiger partial charge in [0.05, 0.1) is 11.4 Å². The SMILES string of the molecule is N=C1CC(c2cccnc2-c2cccc(O)c2)CN=C1N. The van der Waals surface area contributed by atoms with Crippen molar-refractivity contribution in [3.63, 3.8) is 0 Å². The first-order valence-electron chi connectivity index (χ1n) is 6.77. The second-order valence-corrected chi connectivity index (χ2v) is 5.10. The van der Waals surface area contributed by atoms with Crippen LogP contribution in [0, 0.1) is 5.41 Å². The van der Waals surface area contributed by atoms with Gasteiger partial charge in [-0.2, -0.15) is 0 Å². The third-order valence-electron chi connectivity index (χ3n) is 3.64. The van der Waals surface area contributed by atoms with Gasteiger partial charge in [0, 0.05) is 30.6 Å². The van der Waals surface area contributed by atoms with E-state index < -0.39 is 0 Å². The number of aromatic hydroxyl groups is 1. The van der Waals surface area contributed by atoms with Gasteiger partial charge < -0.3 is 16.2 Å². The molecule has 5 heteroatoms. The lowest BCUT2D eigenvalue weighted by Gasteiger charge is -2.22. The minimum absolute atomic E-state index is 0.0934. The van der Waals surface area contributed by atoms with Gasteiger partial charge in [0.2, 0.25) is 0 Å². The van der Waals surface area contributed by atoms with E-state index >= 15 is 0 Å². The topological polar surface area (TPSA) is 95.3 Å². The molecule has 21 heavy (non-hydrogen) atoms. The summed E-state index contributed by atoms with van der Waals surface area (Å²) in [4.78, 5) is 8.66. The summed E-state index contributed by atoms with van der Waals surface area (Å²) in [6.45, 7) is 0.561. The van der Waals surface area contributed by atoms with Crippen molar-refractivity contribution in [2.75, 3.05) is 6.54 Å². The molecule has 1 aliphatic rings. The molecule has 4 N–H and O–H groups in total. The molecule has 106 valence electrons. The van der Waals surface area contributed by atoms with Crippen LogP contribution in [0.15, 0.2) is 47.6 Å². The zero-order valence-corrected chi connectivity index (χ0v) is 11.5. The first-order chi connectivity index (χ1) is 10.1. The number of phenolic OH excluding ortho intramolecular Hbond substituents is 1. The van der Waals surface area contributed by atoms with Crippen LogP contribution in [0.3, 0.4) is 0 Å². The maximum absolute atomic E-state index is 9.65. The number of nitrogens with two attached hydrogens (primary N) is 1. The molecule has 5 nitrogen and oxygen atoms in total. The molecular formula is C16H16N4O. The molecule has 1 unspecified atom stereocenters. The lowest BCUT2D eigenvalue weighted by atomic mass is 9.88. The first-order valence-corrected chi connectivity index (χ1v) is 6.77. The number of hydrogen-bond acceptors (Lipinski definition) is 5. The van der Waals surface area contributed by atoms with Gasteiger partial charge in [-0.3, -0.25) is 9.98 Å². The number of pyridine rings is 1. The van der Waals surface area contributed by atoms with Crippen molar-refractivity contribution < 1.29 is 5.11 Å². The molecule has 0 bridgehead atoms. The lowest BCUT2D eigenvalue weighted by molar-refractivity contribution is 0.475. The van der Waals surface area contributed by atoms with Gasteiger partial charge in [-0.1, -0.05) is 18.2 Å². The molecule has 2 heterocycles. The van der Waals surface area contributed by atoms with Crippen molar-refractivity contribution >= 4 is 11.5 Å². The van der Waals surface area contributed by atoms with Crippen molar-refractivity contribution in [3.8, 4) is 17.0 Å². The largest absolute Gasteiger partial charge is 0.508 e. The highest BCUT2D eigenvalue weighted by Crippen LogP contribution is 2.32. The van der Waals surface area contributed by atoms with Gasteiger partial charge in [-0.25, -0.2) is 0 Å². The number of phenols is 1. The maximum atomic E-state index is 9.65. The molecule has 0 aliphatic carbocycles. The van der Waals surface area contributed by atoms with Crippen LogP contribution in [0.2, 0.25) is 0 Å². The average molecular weight is 280 g/mol. The molecule has 1 aromatic carbocycles. The van der Waals surface area contributed by atoms with E-state index in [0.717, 1.165) is 16.8 Å². The van der Waals surface area contributed by atoms with E-state index in [-0.39, 0.29) is 11.7 Å². The Morgan fingerprint density at radius 3 is 2.86 bits per heavy atom. The summed E-state index contributed by atoms with van der Waals surface area (Å²) in [6.07, 6.45) is 2.29. The second kappa shape index (κ2) is 5.36. The van der Waals surface area contributed by atoms with Crippen LogP contribution in [0.5, 0.6) is 5.75 Å². The number of nitrogens with zero attached hydrogens (tertiary/aromatic N) is 2. The third-order valence-corrected chi connectivity index (χ3v) is 3.64. The Bertz CT molecular complexity index is 724. The molecule has 0 fully saturated rings. The summed E-state index contributed by atoms with van der Waals surface area (Å²) in [7, 11) is 0. The van der Waals surface area contributed by atoms with Crippen LogP contribution in [-0.4, -0.2) is 28.2 Å². The minimum Gasteiger partial charge on any atom is -0.508 e. The summed E-state index contributed by atoms with van der Waals surface area (Å²) in [6, 6.07) is 10.9. The van der Waals surface area contributed by atoms with Crippen LogP contribution in [0.1, 0.15) is 17.9 Å². The molecule has 0 saturated heterocycles. The van der Waals surface area contributed by atoms with Crippen LogP contribution < -0.4 is 5.73 Å². The summed E-state index contributed by atoms with van der Waals surface area (Å²) in [5, 5.41) is 17.5. The Morgan fingerprint density at radius 1 is 1.24 bits per heavy atom. The van der Waals surface area contributed by atoms with Crippen LogP contribution in [0.4, 0.5) is 0 Å². The number of aromatic nitrogens is 1. The molecule has 3 rings (SSSR count). The Hall–Kier alpha value is -2.69. The smallest absolute Gasteiger partial charge is 0.139 e. The predicted octanol–water partition coefficient (Wildman–Crippen LogP) is 2.32. The van der Waals surface area contributed by atoms with Gasteiger partial charge in [0.25, 0.3) is 0 Å². The number of rotatable bonds is 2. The van der Waals surface area contributed by atoms with E-state index in [2.05, 4.69) is 9.98 Å². The summed E-state index contributed by atoms with van der Waals surface area (Å²) in [5.41, 5.74) is 8.75. The fourth-order valence-electron chi connectivity index (χ4n) is 2.57. The van der Waals surface area contributed by atoms with E-state index in [9.17, 15) is 5.11 Å². The van der Waals surface area contributed by atoms with Gasteiger partial charge in [-0.05, 0) is 23.8 Å². The summed E-state index contributed by atoms with van der Waals surface area (Å²) < 4.78 is 0. The van der Waals surface area contributed by atoms with Crippen LogP contribution in [0.25, 0.3) is 11.3 Å². The number of nitrogens with one attached hydrogen (secondary N) is 1. The Kier molecular flexibility index (Phi) is 3.39. The zero-order valence-electron chi connectivity index (χ0n) is 11.5.